The largest absolute Gasteiger partial charge is 0.497 e. The predicted octanol–water partition coefficient (Wildman–Crippen LogP) is 3.46. The van der Waals surface area contributed by atoms with Crippen LogP contribution in [-0.4, -0.2) is 52.9 Å². The van der Waals surface area contributed by atoms with E-state index < -0.39 is 0 Å². The Balaban J connectivity index is 1.59. The minimum absolute atomic E-state index is 0.0743. The monoisotopic (exact) mass is 412 g/mol. The Hall–Kier alpha value is -3.13. The minimum Gasteiger partial charge on any atom is -0.497 e. The van der Waals surface area contributed by atoms with E-state index in [-0.39, 0.29) is 12.5 Å². The highest BCUT2D eigenvalue weighted by atomic mass is 32.1. The second kappa shape index (κ2) is 9.38. The zero-order valence-corrected chi connectivity index (χ0v) is 17.5. The van der Waals surface area contributed by atoms with Gasteiger partial charge in [-0.15, -0.1) is 0 Å². The van der Waals surface area contributed by atoms with Crippen LogP contribution < -0.4 is 9.47 Å². The van der Waals surface area contributed by atoms with Crippen molar-refractivity contribution < 1.29 is 14.3 Å². The van der Waals surface area contributed by atoms with E-state index in [0.717, 1.165) is 22.6 Å². The summed E-state index contributed by atoms with van der Waals surface area (Å²) >= 11 is 5.32. The normalized spacial score (nSPS) is 10.6. The van der Waals surface area contributed by atoms with Gasteiger partial charge in [0.25, 0.3) is 0 Å². The smallest absolute Gasteiger partial charge is 0.242 e. The number of aryl methyl sites for hydroxylation is 1. The number of H-pyrrole nitrogens is 1. The Morgan fingerprint density at radius 2 is 1.93 bits per heavy atom. The molecule has 7 nitrogen and oxygen atoms in total. The molecule has 0 saturated carbocycles. The van der Waals surface area contributed by atoms with Crippen LogP contribution in [0.15, 0.2) is 48.5 Å². The van der Waals surface area contributed by atoms with E-state index in [1.807, 2.05) is 55.5 Å². The quantitative estimate of drug-likeness (QED) is 0.574. The maximum absolute atomic E-state index is 12.7. The number of aromatic amines is 1. The molecule has 0 aliphatic carbocycles. The van der Waals surface area contributed by atoms with Crippen LogP contribution in [0.2, 0.25) is 0 Å². The number of methoxy groups -OCH3 is 1. The van der Waals surface area contributed by atoms with Crippen molar-refractivity contribution in [1.29, 1.82) is 0 Å². The van der Waals surface area contributed by atoms with Gasteiger partial charge in [0, 0.05) is 12.6 Å². The molecule has 0 spiro atoms. The van der Waals surface area contributed by atoms with Gasteiger partial charge >= 0.3 is 0 Å². The summed E-state index contributed by atoms with van der Waals surface area (Å²) in [4.78, 5) is 14.3. The molecule has 0 fully saturated rings. The van der Waals surface area contributed by atoms with Crippen LogP contribution in [-0.2, 0) is 11.3 Å². The number of nitrogens with one attached hydrogen (secondary N) is 1. The third-order valence-electron chi connectivity index (χ3n) is 4.51. The van der Waals surface area contributed by atoms with Gasteiger partial charge in [-0.2, -0.15) is 5.10 Å². The maximum atomic E-state index is 12.7. The number of aromatic nitrogens is 3. The highest BCUT2D eigenvalue weighted by Gasteiger charge is 2.15. The van der Waals surface area contributed by atoms with E-state index >= 15 is 0 Å². The van der Waals surface area contributed by atoms with Crippen molar-refractivity contribution in [2.45, 2.75) is 13.5 Å². The molecule has 1 amide bonds. The predicted molar refractivity (Wildman–Crippen MR) is 114 cm³/mol. The molecular formula is C21H24N4O3S. The van der Waals surface area contributed by atoms with E-state index in [4.69, 9.17) is 21.7 Å². The van der Waals surface area contributed by atoms with Crippen molar-refractivity contribution in [1.82, 2.24) is 19.7 Å². The fraction of sp³-hybridized carbons (Fsp3) is 0.286. The molecule has 1 aromatic heterocycles. The van der Waals surface area contributed by atoms with Crippen LogP contribution in [0.5, 0.6) is 11.5 Å². The number of ether oxygens (including phenoxy) is 2. The molecule has 8 heteroatoms. The topological polar surface area (TPSA) is 72.4 Å². The Morgan fingerprint density at radius 1 is 1.21 bits per heavy atom. The molecule has 29 heavy (non-hydrogen) atoms. The molecule has 1 N–H and O–H groups in total. The average molecular weight is 413 g/mol. The van der Waals surface area contributed by atoms with Gasteiger partial charge in [-0.25, -0.2) is 0 Å². The summed E-state index contributed by atoms with van der Waals surface area (Å²) in [6.45, 7) is 2.96. The van der Waals surface area contributed by atoms with Crippen LogP contribution in [0, 0.1) is 11.7 Å². The van der Waals surface area contributed by atoms with E-state index in [2.05, 4.69) is 10.2 Å². The summed E-state index contributed by atoms with van der Waals surface area (Å²) in [5.74, 6) is 2.07. The van der Waals surface area contributed by atoms with Crippen LogP contribution in [0.4, 0.5) is 0 Å². The van der Waals surface area contributed by atoms with Crippen molar-refractivity contribution in [3.05, 3.63) is 58.9 Å². The number of carbonyl (C=O) groups excluding carboxylic acids is 1. The molecule has 3 rings (SSSR count). The molecule has 3 aromatic rings. The first-order valence-electron chi connectivity index (χ1n) is 9.21. The van der Waals surface area contributed by atoms with Gasteiger partial charge in [0.1, 0.15) is 24.7 Å². The van der Waals surface area contributed by atoms with Crippen molar-refractivity contribution in [2.75, 3.05) is 27.3 Å². The summed E-state index contributed by atoms with van der Waals surface area (Å²) in [5.41, 5.74) is 2.03. The van der Waals surface area contributed by atoms with E-state index in [9.17, 15) is 4.79 Å². The molecule has 0 atom stereocenters. The van der Waals surface area contributed by atoms with Gasteiger partial charge in [-0.1, -0.05) is 23.8 Å². The van der Waals surface area contributed by atoms with Crippen LogP contribution >= 0.6 is 12.2 Å². The van der Waals surface area contributed by atoms with E-state index in [1.54, 1.807) is 23.6 Å². The number of nitrogens with zero attached hydrogens (tertiary/aromatic N) is 3. The summed E-state index contributed by atoms with van der Waals surface area (Å²) in [6, 6.07) is 15.3. The Bertz CT molecular complexity index is 1030. The number of rotatable bonds is 8. The number of hydrogen-bond acceptors (Lipinski definition) is 5. The average Bonchev–Trinajstić information content (AvgIpc) is 3.08. The van der Waals surface area contributed by atoms with Gasteiger partial charge in [-0.05, 0) is 49.5 Å². The van der Waals surface area contributed by atoms with E-state index in [0.29, 0.717) is 23.7 Å². The van der Waals surface area contributed by atoms with Gasteiger partial charge in [-0.3, -0.25) is 14.5 Å². The lowest BCUT2D eigenvalue weighted by atomic mass is 10.1. The summed E-state index contributed by atoms with van der Waals surface area (Å²) in [5, 5.41) is 7.08. The van der Waals surface area contributed by atoms with Gasteiger partial charge in [0.05, 0.1) is 13.7 Å². The number of amides is 1. The first-order valence-corrected chi connectivity index (χ1v) is 9.62. The fourth-order valence-corrected chi connectivity index (χ4v) is 3.02. The summed E-state index contributed by atoms with van der Waals surface area (Å²) < 4.78 is 13.0. The molecule has 0 unspecified atom stereocenters. The Morgan fingerprint density at radius 3 is 2.62 bits per heavy atom. The second-order valence-electron chi connectivity index (χ2n) is 6.65. The number of likely N-dealkylation sites (N-methyl/N-ethyl adjacent to an activating group) is 1. The first-order chi connectivity index (χ1) is 14.0. The summed E-state index contributed by atoms with van der Waals surface area (Å²) in [7, 11) is 3.36. The lowest BCUT2D eigenvalue weighted by Crippen LogP contribution is -2.33. The molecule has 2 aromatic carbocycles. The van der Waals surface area contributed by atoms with Crippen LogP contribution in [0.3, 0.4) is 0 Å². The minimum atomic E-state index is -0.0743. The van der Waals surface area contributed by atoms with Crippen LogP contribution in [0.1, 0.15) is 5.56 Å². The van der Waals surface area contributed by atoms with Crippen LogP contribution in [0.25, 0.3) is 11.4 Å². The maximum Gasteiger partial charge on any atom is 0.242 e. The van der Waals surface area contributed by atoms with Gasteiger partial charge < -0.3 is 14.4 Å². The molecule has 152 valence electrons. The van der Waals surface area contributed by atoms with Crippen molar-refractivity contribution in [3.8, 4) is 22.9 Å². The molecule has 0 aliphatic heterocycles. The molecule has 0 bridgehead atoms. The SMILES string of the molecule is COc1ccc(OCCN(C)C(=O)Cn2c(-c3cccc(C)c3)n[nH]c2=S)cc1. The zero-order valence-electron chi connectivity index (χ0n) is 16.7. The number of carbonyl (C=O) groups is 1. The second-order valence-corrected chi connectivity index (χ2v) is 7.03. The molecule has 0 saturated heterocycles. The standard InChI is InChI=1S/C21H24N4O3S/c1-15-5-4-6-16(13-15)20-22-23-21(29)25(20)14-19(26)24(2)11-12-28-18-9-7-17(27-3)8-10-18/h4-10,13H,11-12,14H2,1-3H3,(H,23,29). The van der Waals surface area contributed by atoms with Crippen molar-refractivity contribution >= 4 is 18.1 Å². The molecule has 1 heterocycles. The Kier molecular flexibility index (Phi) is 6.66. The fourth-order valence-electron chi connectivity index (χ4n) is 2.82. The highest BCUT2D eigenvalue weighted by molar-refractivity contribution is 7.71. The Labute approximate surface area is 174 Å². The number of benzene rings is 2. The third kappa shape index (κ3) is 5.23. The lowest BCUT2D eigenvalue weighted by molar-refractivity contribution is -0.130. The lowest BCUT2D eigenvalue weighted by Gasteiger charge is -2.18. The third-order valence-corrected chi connectivity index (χ3v) is 4.82. The molecule has 0 radical (unpaired) electrons. The van der Waals surface area contributed by atoms with Gasteiger partial charge in [0.15, 0.2) is 10.6 Å². The molecular weight excluding hydrogens is 388 g/mol. The first kappa shape index (κ1) is 20.6. The molecule has 0 aliphatic rings. The number of hydrogen-bond donors (Lipinski definition) is 1. The van der Waals surface area contributed by atoms with E-state index in [1.165, 1.54) is 0 Å². The zero-order chi connectivity index (χ0) is 20.8. The highest BCUT2D eigenvalue weighted by Crippen LogP contribution is 2.19. The van der Waals surface area contributed by atoms with Crippen molar-refractivity contribution in [3.63, 3.8) is 0 Å². The van der Waals surface area contributed by atoms with Gasteiger partial charge in [0.2, 0.25) is 5.91 Å². The van der Waals surface area contributed by atoms with Crippen molar-refractivity contribution in [2.24, 2.45) is 0 Å². The summed E-state index contributed by atoms with van der Waals surface area (Å²) in [6.07, 6.45) is 0.